The fourth-order valence-corrected chi connectivity index (χ4v) is 1.68. The lowest BCUT2D eigenvalue weighted by molar-refractivity contribution is -0.123. The van der Waals surface area contributed by atoms with Crippen LogP contribution in [0.25, 0.3) is 0 Å². The van der Waals surface area contributed by atoms with E-state index in [-0.39, 0.29) is 30.2 Å². The Balaban J connectivity index is 2.15. The first-order valence-electron chi connectivity index (χ1n) is 4.65. The van der Waals surface area contributed by atoms with Gasteiger partial charge in [0.2, 0.25) is 5.91 Å². The van der Waals surface area contributed by atoms with Crippen LogP contribution in [-0.4, -0.2) is 46.8 Å². The van der Waals surface area contributed by atoms with Crippen molar-refractivity contribution < 1.29 is 15.0 Å². The molecule has 0 aromatic rings. The van der Waals surface area contributed by atoms with Gasteiger partial charge < -0.3 is 20.8 Å². The van der Waals surface area contributed by atoms with Gasteiger partial charge in [0.05, 0.1) is 6.04 Å². The van der Waals surface area contributed by atoms with Gasteiger partial charge in [-0.05, 0) is 6.42 Å². The molecule has 1 heterocycles. The number of rotatable bonds is 4. The summed E-state index contributed by atoms with van der Waals surface area (Å²) in [5.41, 5.74) is 0. The number of thiol groups is 1. The quantitative estimate of drug-likeness (QED) is 0.294. The summed E-state index contributed by atoms with van der Waals surface area (Å²) in [6.07, 6.45) is -0.483. The third-order valence-corrected chi connectivity index (χ3v) is 2.52. The van der Waals surface area contributed by atoms with Crippen molar-refractivity contribution in [2.45, 2.75) is 30.4 Å². The highest BCUT2D eigenvalue weighted by Gasteiger charge is 2.26. The molecule has 0 radical (unpaired) electrons. The van der Waals surface area contributed by atoms with E-state index in [0.717, 1.165) is 13.0 Å². The molecule has 0 saturated carbocycles. The summed E-state index contributed by atoms with van der Waals surface area (Å²) in [6.45, 7) is 1.02. The number of aliphatic hydroxyl groups excluding tert-OH is 1. The smallest absolute Gasteiger partial charge is 0.237 e. The Hall–Kier alpha value is -0.300. The van der Waals surface area contributed by atoms with Gasteiger partial charge in [-0.3, -0.25) is 4.79 Å². The van der Waals surface area contributed by atoms with Crippen molar-refractivity contribution in [2.24, 2.45) is 0 Å². The fourth-order valence-electron chi connectivity index (χ4n) is 1.36. The van der Waals surface area contributed by atoms with Crippen molar-refractivity contribution in [3.8, 4) is 0 Å². The minimum Gasteiger partial charge on any atom is -0.368 e. The maximum Gasteiger partial charge on any atom is 0.237 e. The summed E-state index contributed by atoms with van der Waals surface area (Å²) in [5, 5.41) is 23.0. The van der Waals surface area contributed by atoms with Gasteiger partial charge in [0, 0.05) is 24.8 Å². The van der Waals surface area contributed by atoms with Crippen LogP contribution < -0.4 is 10.6 Å². The van der Waals surface area contributed by atoms with Crippen molar-refractivity contribution in [2.75, 3.05) is 13.1 Å². The van der Waals surface area contributed by atoms with Gasteiger partial charge in [-0.25, -0.2) is 0 Å². The highest BCUT2D eigenvalue weighted by Crippen LogP contribution is 2.11. The number of hydrogen-bond acceptors (Lipinski definition) is 5. The highest BCUT2D eigenvalue weighted by atomic mass is 32.1. The normalized spacial score (nSPS) is 26.9. The number of nitrogens with one attached hydrogen (secondary N) is 2. The molecule has 0 spiro atoms. The molecule has 0 unspecified atom stereocenters. The van der Waals surface area contributed by atoms with Crippen LogP contribution in [0.1, 0.15) is 12.8 Å². The van der Waals surface area contributed by atoms with Crippen molar-refractivity contribution >= 4 is 18.5 Å². The van der Waals surface area contributed by atoms with E-state index < -0.39 is 6.29 Å². The maximum atomic E-state index is 11.4. The summed E-state index contributed by atoms with van der Waals surface area (Å²) in [4.78, 5) is 11.4. The molecular formula is C8H16N2O3S. The molecule has 0 bridgehead atoms. The first-order valence-corrected chi connectivity index (χ1v) is 5.16. The van der Waals surface area contributed by atoms with E-state index in [4.69, 9.17) is 10.2 Å². The van der Waals surface area contributed by atoms with Gasteiger partial charge >= 0.3 is 0 Å². The zero-order valence-electron chi connectivity index (χ0n) is 7.81. The third-order valence-electron chi connectivity index (χ3n) is 2.13. The van der Waals surface area contributed by atoms with E-state index >= 15 is 0 Å². The lowest BCUT2D eigenvalue weighted by Gasteiger charge is -2.11. The Morgan fingerprint density at radius 3 is 2.86 bits per heavy atom. The van der Waals surface area contributed by atoms with Crippen molar-refractivity contribution in [1.29, 1.82) is 0 Å². The molecule has 14 heavy (non-hydrogen) atoms. The van der Waals surface area contributed by atoms with Crippen molar-refractivity contribution in [3.05, 3.63) is 0 Å². The first kappa shape index (κ1) is 11.8. The minimum absolute atomic E-state index is 0.0952. The van der Waals surface area contributed by atoms with Crippen LogP contribution in [0.2, 0.25) is 0 Å². The third kappa shape index (κ3) is 3.83. The molecular weight excluding hydrogens is 204 g/mol. The van der Waals surface area contributed by atoms with Crippen LogP contribution >= 0.6 is 12.6 Å². The Bertz CT molecular complexity index is 201. The van der Waals surface area contributed by atoms with Crippen LogP contribution in [0.5, 0.6) is 0 Å². The average molecular weight is 220 g/mol. The predicted molar refractivity (Wildman–Crippen MR) is 55.0 cm³/mol. The topological polar surface area (TPSA) is 81.6 Å². The zero-order chi connectivity index (χ0) is 10.6. The molecule has 1 aliphatic rings. The molecule has 4 N–H and O–H groups in total. The molecule has 0 aliphatic carbocycles. The summed E-state index contributed by atoms with van der Waals surface area (Å²) >= 11 is 4.25. The molecule has 1 aliphatic heterocycles. The number of carbonyl (C=O) groups excluding carboxylic acids is 1. The summed E-state index contributed by atoms with van der Waals surface area (Å²) in [5.74, 6) is -0.0952. The molecule has 1 rings (SSSR count). The van der Waals surface area contributed by atoms with Crippen LogP contribution in [0.15, 0.2) is 0 Å². The van der Waals surface area contributed by atoms with Gasteiger partial charge in [-0.1, -0.05) is 0 Å². The zero-order valence-corrected chi connectivity index (χ0v) is 8.70. The molecule has 2 atom stereocenters. The van der Waals surface area contributed by atoms with Crippen LogP contribution in [0.3, 0.4) is 0 Å². The van der Waals surface area contributed by atoms with Gasteiger partial charge in [-0.15, -0.1) is 0 Å². The van der Waals surface area contributed by atoms with E-state index in [1.54, 1.807) is 0 Å². The summed E-state index contributed by atoms with van der Waals surface area (Å²) in [7, 11) is 0. The van der Waals surface area contributed by atoms with E-state index in [1.807, 2.05) is 0 Å². The van der Waals surface area contributed by atoms with E-state index in [0.29, 0.717) is 0 Å². The Kier molecular flexibility index (Phi) is 4.67. The van der Waals surface area contributed by atoms with Gasteiger partial charge in [0.15, 0.2) is 6.29 Å². The monoisotopic (exact) mass is 220 g/mol. The van der Waals surface area contributed by atoms with E-state index in [2.05, 4.69) is 23.3 Å². The summed E-state index contributed by atoms with van der Waals surface area (Å²) < 4.78 is 0. The van der Waals surface area contributed by atoms with E-state index in [1.165, 1.54) is 0 Å². The Morgan fingerprint density at radius 2 is 2.36 bits per heavy atom. The Labute approximate surface area is 88.3 Å². The van der Waals surface area contributed by atoms with Crippen molar-refractivity contribution in [1.82, 2.24) is 10.6 Å². The van der Waals surface area contributed by atoms with Crippen LogP contribution in [0, 0.1) is 0 Å². The van der Waals surface area contributed by atoms with Gasteiger partial charge in [0.1, 0.15) is 0 Å². The Morgan fingerprint density at radius 1 is 1.64 bits per heavy atom. The number of carbonyl (C=O) groups is 1. The SMILES string of the molecule is O=C(NCCC(O)O)[C@@H]1C[C@@H](S)CN1. The molecule has 1 fully saturated rings. The van der Waals surface area contributed by atoms with Gasteiger partial charge in [0.25, 0.3) is 0 Å². The lowest BCUT2D eigenvalue weighted by Crippen LogP contribution is -2.41. The average Bonchev–Trinajstić information content (AvgIpc) is 2.51. The standard InChI is InChI=1S/C8H16N2O3S/c11-7(12)1-2-9-8(13)6-3-5(14)4-10-6/h5-7,10-12,14H,1-4H2,(H,9,13)/t5-,6+/m1/s1. The highest BCUT2D eigenvalue weighted by molar-refractivity contribution is 7.81. The first-order chi connectivity index (χ1) is 6.59. The predicted octanol–water partition coefficient (Wildman–Crippen LogP) is -1.54. The number of amides is 1. The fraction of sp³-hybridized carbons (Fsp3) is 0.875. The summed E-state index contributed by atoms with van der Waals surface area (Å²) in [6, 6.07) is -0.187. The minimum atomic E-state index is -1.36. The second-order valence-electron chi connectivity index (χ2n) is 3.41. The largest absolute Gasteiger partial charge is 0.368 e. The number of hydrogen-bond donors (Lipinski definition) is 5. The molecule has 0 aromatic heterocycles. The molecule has 6 heteroatoms. The second-order valence-corrected chi connectivity index (χ2v) is 4.14. The molecule has 1 saturated heterocycles. The number of aliphatic hydroxyl groups is 2. The molecule has 82 valence electrons. The molecule has 5 nitrogen and oxygen atoms in total. The second kappa shape index (κ2) is 5.55. The maximum absolute atomic E-state index is 11.4. The van der Waals surface area contributed by atoms with Gasteiger partial charge in [-0.2, -0.15) is 12.6 Å². The van der Waals surface area contributed by atoms with Crippen LogP contribution in [-0.2, 0) is 4.79 Å². The van der Waals surface area contributed by atoms with Crippen molar-refractivity contribution in [3.63, 3.8) is 0 Å². The molecule has 0 aromatic carbocycles. The van der Waals surface area contributed by atoms with E-state index in [9.17, 15) is 4.79 Å². The molecule has 1 amide bonds. The lowest BCUT2D eigenvalue weighted by atomic mass is 10.2. The van der Waals surface area contributed by atoms with Crippen LogP contribution in [0.4, 0.5) is 0 Å².